The van der Waals surface area contributed by atoms with Crippen LogP contribution >= 0.6 is 11.3 Å². The zero-order valence-corrected chi connectivity index (χ0v) is 8.90. The molecule has 0 bridgehead atoms. The van der Waals surface area contributed by atoms with E-state index in [2.05, 4.69) is 17.2 Å². The van der Waals surface area contributed by atoms with Crippen molar-refractivity contribution in [2.24, 2.45) is 0 Å². The van der Waals surface area contributed by atoms with Crippen LogP contribution in [0.3, 0.4) is 0 Å². The van der Waals surface area contributed by atoms with Crippen LogP contribution in [0, 0.1) is 6.92 Å². The Hall–Kier alpha value is -0.450. The van der Waals surface area contributed by atoms with E-state index in [0.29, 0.717) is 0 Å². The van der Waals surface area contributed by atoms with Gasteiger partial charge in [-0.3, -0.25) is 0 Å². The molecule has 0 spiro atoms. The molecular formula is C9H16N2OS. The van der Waals surface area contributed by atoms with Crippen LogP contribution in [0.4, 0.5) is 0 Å². The molecule has 2 N–H and O–H groups in total. The number of aromatic nitrogens is 1. The van der Waals surface area contributed by atoms with E-state index in [0.717, 1.165) is 18.0 Å². The molecule has 1 atom stereocenters. The van der Waals surface area contributed by atoms with Crippen molar-refractivity contribution in [1.29, 1.82) is 0 Å². The Bertz CT molecular complexity index is 246. The van der Waals surface area contributed by atoms with Gasteiger partial charge in [-0.2, -0.15) is 0 Å². The van der Waals surface area contributed by atoms with Crippen LogP contribution in [0.15, 0.2) is 6.20 Å². The highest BCUT2D eigenvalue weighted by Gasteiger charge is 2.04. The van der Waals surface area contributed by atoms with Gasteiger partial charge in [0, 0.05) is 23.7 Å². The lowest BCUT2D eigenvalue weighted by Gasteiger charge is -2.12. The average molecular weight is 200 g/mol. The molecule has 1 aromatic rings. The van der Waals surface area contributed by atoms with Crippen LogP contribution in [0.2, 0.25) is 0 Å². The van der Waals surface area contributed by atoms with Gasteiger partial charge in [0.25, 0.3) is 0 Å². The van der Waals surface area contributed by atoms with Crippen molar-refractivity contribution in [2.45, 2.75) is 32.9 Å². The molecule has 1 heterocycles. The van der Waals surface area contributed by atoms with Crippen LogP contribution in [-0.2, 0) is 6.54 Å². The summed E-state index contributed by atoms with van der Waals surface area (Å²) in [6, 6.07) is 0.211. The molecule has 0 fully saturated rings. The van der Waals surface area contributed by atoms with Crippen molar-refractivity contribution in [3.05, 3.63) is 16.1 Å². The Morgan fingerprint density at radius 3 is 2.92 bits per heavy atom. The van der Waals surface area contributed by atoms with Crippen LogP contribution < -0.4 is 5.32 Å². The fourth-order valence-corrected chi connectivity index (χ4v) is 1.82. The molecule has 3 nitrogen and oxygen atoms in total. The van der Waals surface area contributed by atoms with Gasteiger partial charge in [0.1, 0.15) is 0 Å². The van der Waals surface area contributed by atoms with E-state index >= 15 is 0 Å². The molecule has 1 aromatic heterocycles. The van der Waals surface area contributed by atoms with E-state index in [1.54, 1.807) is 11.3 Å². The second kappa shape index (κ2) is 5.32. The molecule has 0 saturated carbocycles. The molecular weight excluding hydrogens is 184 g/mol. The summed E-state index contributed by atoms with van der Waals surface area (Å²) in [6.07, 6.45) is 2.84. The minimum atomic E-state index is 0.203. The van der Waals surface area contributed by atoms with E-state index < -0.39 is 0 Å². The molecule has 0 aliphatic heterocycles. The lowest BCUT2D eigenvalue weighted by atomic mass is 10.2. The number of aliphatic hydroxyl groups is 1. The minimum absolute atomic E-state index is 0.203. The summed E-state index contributed by atoms with van der Waals surface area (Å²) in [5.41, 5.74) is 0. The maximum atomic E-state index is 8.93. The summed E-state index contributed by atoms with van der Waals surface area (Å²) in [4.78, 5) is 5.39. The Kier molecular flexibility index (Phi) is 4.35. The van der Waals surface area contributed by atoms with Gasteiger partial charge in [0.2, 0.25) is 0 Å². The second-order valence-corrected chi connectivity index (χ2v) is 4.33. The number of hydrogen-bond acceptors (Lipinski definition) is 4. The van der Waals surface area contributed by atoms with Crippen molar-refractivity contribution < 1.29 is 5.11 Å². The first-order chi connectivity index (χ1) is 6.26. The van der Waals surface area contributed by atoms with Crippen LogP contribution in [0.1, 0.15) is 23.2 Å². The third-order valence-corrected chi connectivity index (χ3v) is 2.86. The predicted molar refractivity (Wildman–Crippen MR) is 54.9 cm³/mol. The van der Waals surface area contributed by atoms with E-state index in [1.165, 1.54) is 4.88 Å². The normalized spacial score (nSPS) is 13.2. The highest BCUT2D eigenvalue weighted by molar-refractivity contribution is 7.11. The number of thiazole rings is 1. The Morgan fingerprint density at radius 1 is 1.69 bits per heavy atom. The SMILES string of the molecule is CCC(CO)NCc1cnc(C)s1. The maximum absolute atomic E-state index is 8.93. The molecule has 0 saturated heterocycles. The molecule has 0 amide bonds. The minimum Gasteiger partial charge on any atom is -0.395 e. The second-order valence-electron chi connectivity index (χ2n) is 3.01. The third kappa shape index (κ3) is 3.42. The van der Waals surface area contributed by atoms with Crippen molar-refractivity contribution in [3.63, 3.8) is 0 Å². The Balaban J connectivity index is 2.33. The number of nitrogens with zero attached hydrogens (tertiary/aromatic N) is 1. The summed E-state index contributed by atoms with van der Waals surface area (Å²) in [7, 11) is 0. The van der Waals surface area contributed by atoms with Gasteiger partial charge in [0.15, 0.2) is 0 Å². The third-order valence-electron chi connectivity index (χ3n) is 1.95. The molecule has 0 aliphatic carbocycles. The lowest BCUT2D eigenvalue weighted by Crippen LogP contribution is -2.30. The number of aryl methyl sites for hydroxylation is 1. The highest BCUT2D eigenvalue weighted by Crippen LogP contribution is 2.11. The summed E-state index contributed by atoms with van der Waals surface area (Å²) in [5.74, 6) is 0. The zero-order chi connectivity index (χ0) is 9.68. The van der Waals surface area contributed by atoms with E-state index in [9.17, 15) is 0 Å². The highest BCUT2D eigenvalue weighted by atomic mass is 32.1. The first kappa shape index (κ1) is 10.6. The molecule has 0 aromatic carbocycles. The fraction of sp³-hybridized carbons (Fsp3) is 0.667. The molecule has 4 heteroatoms. The van der Waals surface area contributed by atoms with Gasteiger partial charge >= 0.3 is 0 Å². The van der Waals surface area contributed by atoms with E-state index in [1.807, 2.05) is 13.1 Å². The van der Waals surface area contributed by atoms with Crippen molar-refractivity contribution in [3.8, 4) is 0 Å². The predicted octanol–water partition coefficient (Wildman–Crippen LogP) is 1.31. The topological polar surface area (TPSA) is 45.1 Å². The molecule has 1 unspecified atom stereocenters. The molecule has 1 rings (SSSR count). The van der Waals surface area contributed by atoms with Crippen molar-refractivity contribution >= 4 is 11.3 Å². The fourth-order valence-electron chi connectivity index (χ4n) is 1.07. The largest absolute Gasteiger partial charge is 0.395 e. The average Bonchev–Trinajstić information content (AvgIpc) is 2.53. The van der Waals surface area contributed by atoms with Gasteiger partial charge in [-0.05, 0) is 13.3 Å². The summed E-state index contributed by atoms with van der Waals surface area (Å²) in [6.45, 7) is 5.07. The number of hydrogen-bond donors (Lipinski definition) is 2. The monoisotopic (exact) mass is 200 g/mol. The maximum Gasteiger partial charge on any atom is 0.0897 e. The first-order valence-electron chi connectivity index (χ1n) is 4.51. The Morgan fingerprint density at radius 2 is 2.46 bits per heavy atom. The standard InChI is InChI=1S/C9H16N2OS/c1-3-8(6-12)11-5-9-4-10-7(2)13-9/h4,8,11-12H,3,5-6H2,1-2H3. The number of rotatable bonds is 5. The molecule has 13 heavy (non-hydrogen) atoms. The summed E-state index contributed by atoms with van der Waals surface area (Å²) in [5, 5.41) is 13.3. The first-order valence-corrected chi connectivity index (χ1v) is 5.33. The summed E-state index contributed by atoms with van der Waals surface area (Å²) >= 11 is 1.70. The Labute approximate surface area is 82.8 Å². The van der Waals surface area contributed by atoms with Crippen LogP contribution in [-0.4, -0.2) is 22.7 Å². The molecule has 74 valence electrons. The number of aliphatic hydroxyl groups excluding tert-OH is 1. The van der Waals surface area contributed by atoms with Crippen molar-refractivity contribution in [1.82, 2.24) is 10.3 Å². The van der Waals surface area contributed by atoms with Crippen LogP contribution in [0.25, 0.3) is 0 Å². The quantitative estimate of drug-likeness (QED) is 0.753. The van der Waals surface area contributed by atoms with Crippen LogP contribution in [0.5, 0.6) is 0 Å². The lowest BCUT2D eigenvalue weighted by molar-refractivity contribution is 0.238. The van der Waals surface area contributed by atoms with E-state index in [4.69, 9.17) is 5.11 Å². The molecule has 0 aliphatic rings. The zero-order valence-electron chi connectivity index (χ0n) is 8.08. The van der Waals surface area contributed by atoms with Gasteiger partial charge < -0.3 is 10.4 Å². The van der Waals surface area contributed by atoms with Crippen molar-refractivity contribution in [2.75, 3.05) is 6.61 Å². The molecule has 0 radical (unpaired) electrons. The summed E-state index contributed by atoms with van der Waals surface area (Å²) < 4.78 is 0. The van der Waals surface area contributed by atoms with Gasteiger partial charge in [-0.15, -0.1) is 11.3 Å². The number of nitrogens with one attached hydrogen (secondary N) is 1. The smallest absolute Gasteiger partial charge is 0.0897 e. The van der Waals surface area contributed by atoms with Gasteiger partial charge in [0.05, 0.1) is 11.6 Å². The van der Waals surface area contributed by atoms with E-state index in [-0.39, 0.29) is 12.6 Å². The van der Waals surface area contributed by atoms with Gasteiger partial charge in [-0.1, -0.05) is 6.92 Å². The van der Waals surface area contributed by atoms with Gasteiger partial charge in [-0.25, -0.2) is 4.98 Å².